The van der Waals surface area contributed by atoms with Gasteiger partial charge < -0.3 is 4.90 Å². The molecule has 0 aliphatic rings. The average molecular weight is 391 g/mol. The Morgan fingerprint density at radius 1 is 1.33 bits per heavy atom. The predicted molar refractivity (Wildman–Crippen MR) is 93.7 cm³/mol. The van der Waals surface area contributed by atoms with Gasteiger partial charge in [-0.25, -0.2) is 17.5 Å². The van der Waals surface area contributed by atoms with Crippen LogP contribution >= 0.6 is 22.9 Å². The largest absolute Gasteiger partial charge is 0.311 e. The molecule has 5 nitrogen and oxygen atoms in total. The third-order valence-corrected chi connectivity index (χ3v) is 6.45. The van der Waals surface area contributed by atoms with Gasteiger partial charge in [-0.2, -0.15) is 0 Å². The van der Waals surface area contributed by atoms with Crippen molar-refractivity contribution in [3.05, 3.63) is 46.0 Å². The van der Waals surface area contributed by atoms with Crippen LogP contribution in [0.2, 0.25) is 5.02 Å². The standard InChI is InChI=1S/C15H16ClFN2O3S2/c1-10-3-6-15(23-10)24(21,22)18-7-8-19(11(2)20)12-4-5-14(17)13(16)9-12/h3-6,9,18H,7-8H2,1-2H3. The number of carbonyl (C=O) groups excluding carboxylic acids is 1. The molecule has 0 spiro atoms. The number of nitrogens with zero attached hydrogens (tertiary/aromatic N) is 1. The van der Waals surface area contributed by atoms with E-state index < -0.39 is 15.8 Å². The van der Waals surface area contributed by atoms with Crippen LogP contribution in [-0.4, -0.2) is 27.4 Å². The topological polar surface area (TPSA) is 66.5 Å². The summed E-state index contributed by atoms with van der Waals surface area (Å²) in [7, 11) is -3.61. The van der Waals surface area contributed by atoms with Crippen molar-refractivity contribution in [3.63, 3.8) is 0 Å². The molecule has 2 rings (SSSR count). The van der Waals surface area contributed by atoms with Crippen molar-refractivity contribution in [3.8, 4) is 0 Å². The molecule has 0 atom stereocenters. The van der Waals surface area contributed by atoms with Gasteiger partial charge in [-0.15, -0.1) is 11.3 Å². The minimum absolute atomic E-state index is 0.0217. The molecular weight excluding hydrogens is 375 g/mol. The number of sulfonamides is 1. The first-order valence-electron chi connectivity index (χ1n) is 7.00. The second-order valence-electron chi connectivity index (χ2n) is 5.03. The molecule has 1 amide bonds. The van der Waals surface area contributed by atoms with Gasteiger partial charge in [0.05, 0.1) is 5.02 Å². The zero-order valence-corrected chi connectivity index (χ0v) is 15.4. The number of rotatable bonds is 6. The number of hydrogen-bond acceptors (Lipinski definition) is 4. The van der Waals surface area contributed by atoms with Crippen molar-refractivity contribution in [2.24, 2.45) is 0 Å². The highest BCUT2D eigenvalue weighted by atomic mass is 35.5. The quantitative estimate of drug-likeness (QED) is 0.823. The van der Waals surface area contributed by atoms with Crippen LogP contribution in [0.1, 0.15) is 11.8 Å². The van der Waals surface area contributed by atoms with Crippen LogP contribution in [0.25, 0.3) is 0 Å². The number of thiophene rings is 1. The number of carbonyl (C=O) groups is 1. The highest BCUT2D eigenvalue weighted by Gasteiger charge is 2.18. The van der Waals surface area contributed by atoms with Crippen molar-refractivity contribution in [2.45, 2.75) is 18.1 Å². The second-order valence-corrected chi connectivity index (χ2v) is 8.72. The average Bonchev–Trinajstić information content (AvgIpc) is 2.94. The summed E-state index contributed by atoms with van der Waals surface area (Å²) in [6, 6.07) is 7.16. The lowest BCUT2D eigenvalue weighted by atomic mass is 10.2. The first kappa shape index (κ1) is 18.9. The van der Waals surface area contributed by atoms with Crippen molar-refractivity contribution in [2.75, 3.05) is 18.0 Å². The van der Waals surface area contributed by atoms with Crippen LogP contribution in [0, 0.1) is 12.7 Å². The fraction of sp³-hybridized carbons (Fsp3) is 0.267. The molecule has 130 valence electrons. The van der Waals surface area contributed by atoms with Crippen LogP contribution in [0.15, 0.2) is 34.5 Å². The Bertz CT molecular complexity index is 852. The van der Waals surface area contributed by atoms with Crippen LogP contribution < -0.4 is 9.62 Å². The van der Waals surface area contributed by atoms with E-state index in [-0.39, 0.29) is 28.2 Å². The maximum atomic E-state index is 13.2. The van der Waals surface area contributed by atoms with Gasteiger partial charge in [0.15, 0.2) is 0 Å². The van der Waals surface area contributed by atoms with Gasteiger partial charge in [-0.05, 0) is 37.3 Å². The number of amides is 1. The number of anilines is 1. The van der Waals surface area contributed by atoms with E-state index in [1.807, 2.05) is 6.92 Å². The molecule has 0 fully saturated rings. The lowest BCUT2D eigenvalue weighted by molar-refractivity contribution is -0.116. The van der Waals surface area contributed by atoms with Crippen LogP contribution in [0.4, 0.5) is 10.1 Å². The fourth-order valence-corrected chi connectivity index (χ4v) is 4.56. The molecule has 0 radical (unpaired) electrons. The highest BCUT2D eigenvalue weighted by Crippen LogP contribution is 2.23. The smallest absolute Gasteiger partial charge is 0.250 e. The Hall–Kier alpha value is -1.48. The van der Waals surface area contributed by atoms with E-state index in [9.17, 15) is 17.6 Å². The minimum atomic E-state index is -3.61. The Morgan fingerprint density at radius 3 is 2.58 bits per heavy atom. The maximum Gasteiger partial charge on any atom is 0.250 e. The summed E-state index contributed by atoms with van der Waals surface area (Å²) in [6.45, 7) is 3.28. The molecule has 0 saturated heterocycles. The molecule has 1 aromatic carbocycles. The summed E-state index contributed by atoms with van der Waals surface area (Å²) in [5.41, 5.74) is 0.403. The third kappa shape index (κ3) is 4.54. The molecule has 0 bridgehead atoms. The van der Waals surface area contributed by atoms with Gasteiger partial charge in [-0.1, -0.05) is 11.6 Å². The summed E-state index contributed by atoms with van der Waals surface area (Å²) in [6.07, 6.45) is 0. The van der Waals surface area contributed by atoms with Crippen molar-refractivity contribution in [1.29, 1.82) is 0 Å². The van der Waals surface area contributed by atoms with Gasteiger partial charge in [0, 0.05) is 30.6 Å². The fourth-order valence-electron chi connectivity index (χ4n) is 2.04. The molecule has 0 saturated carbocycles. The molecule has 0 aliphatic heterocycles. The Balaban J connectivity index is 2.07. The summed E-state index contributed by atoms with van der Waals surface area (Å²) >= 11 is 6.90. The maximum absolute atomic E-state index is 13.2. The van der Waals surface area contributed by atoms with Crippen molar-refractivity contribution < 1.29 is 17.6 Å². The summed E-state index contributed by atoms with van der Waals surface area (Å²) in [4.78, 5) is 14.0. The summed E-state index contributed by atoms with van der Waals surface area (Å²) in [5, 5.41) is -0.103. The number of nitrogens with one attached hydrogen (secondary N) is 1. The molecule has 0 aliphatic carbocycles. The van der Waals surface area contributed by atoms with E-state index in [0.29, 0.717) is 5.69 Å². The Kier molecular flexibility index (Phi) is 5.97. The monoisotopic (exact) mass is 390 g/mol. The SMILES string of the molecule is CC(=O)N(CCNS(=O)(=O)c1ccc(C)s1)c1ccc(F)c(Cl)c1. The van der Waals surface area contributed by atoms with E-state index in [2.05, 4.69) is 4.72 Å². The molecule has 1 aromatic heterocycles. The normalized spacial score (nSPS) is 11.5. The molecule has 1 heterocycles. The van der Waals surface area contributed by atoms with E-state index in [1.165, 1.54) is 41.4 Å². The van der Waals surface area contributed by atoms with Crippen molar-refractivity contribution in [1.82, 2.24) is 4.72 Å². The van der Waals surface area contributed by atoms with Crippen LogP contribution in [0.5, 0.6) is 0 Å². The minimum Gasteiger partial charge on any atom is -0.311 e. The highest BCUT2D eigenvalue weighted by molar-refractivity contribution is 7.91. The number of benzene rings is 1. The van der Waals surface area contributed by atoms with Gasteiger partial charge in [0.1, 0.15) is 10.0 Å². The van der Waals surface area contributed by atoms with Crippen LogP contribution in [-0.2, 0) is 14.8 Å². The zero-order valence-electron chi connectivity index (χ0n) is 13.0. The first-order valence-corrected chi connectivity index (χ1v) is 9.68. The Morgan fingerprint density at radius 2 is 2.04 bits per heavy atom. The van der Waals surface area contributed by atoms with E-state index in [1.54, 1.807) is 6.07 Å². The van der Waals surface area contributed by atoms with E-state index >= 15 is 0 Å². The molecule has 2 aromatic rings. The summed E-state index contributed by atoms with van der Waals surface area (Å²) < 4.78 is 40.2. The predicted octanol–water partition coefficient (Wildman–Crippen LogP) is 3.18. The first-order chi connectivity index (χ1) is 11.2. The zero-order chi connectivity index (χ0) is 17.9. The molecular formula is C15H16ClFN2O3S2. The van der Waals surface area contributed by atoms with E-state index in [0.717, 1.165) is 10.9 Å². The van der Waals surface area contributed by atoms with Crippen LogP contribution in [0.3, 0.4) is 0 Å². The Labute approximate surface area is 149 Å². The van der Waals surface area contributed by atoms with Gasteiger partial charge in [-0.3, -0.25) is 4.79 Å². The molecule has 9 heteroatoms. The van der Waals surface area contributed by atoms with Gasteiger partial charge >= 0.3 is 0 Å². The van der Waals surface area contributed by atoms with Crippen molar-refractivity contribution >= 4 is 44.6 Å². The second kappa shape index (κ2) is 7.60. The van der Waals surface area contributed by atoms with Gasteiger partial charge in [0.25, 0.3) is 0 Å². The lowest BCUT2D eigenvalue weighted by Crippen LogP contribution is -2.37. The van der Waals surface area contributed by atoms with Gasteiger partial charge in [0.2, 0.25) is 15.9 Å². The molecule has 0 unspecified atom stereocenters. The van der Waals surface area contributed by atoms with E-state index in [4.69, 9.17) is 11.6 Å². The summed E-state index contributed by atoms with van der Waals surface area (Å²) in [5.74, 6) is -0.887. The number of hydrogen-bond donors (Lipinski definition) is 1. The molecule has 24 heavy (non-hydrogen) atoms. The number of halogens is 2. The lowest BCUT2D eigenvalue weighted by Gasteiger charge is -2.21. The number of aryl methyl sites for hydroxylation is 1. The third-order valence-electron chi connectivity index (χ3n) is 3.20. The molecule has 1 N–H and O–H groups in total.